The van der Waals surface area contributed by atoms with E-state index in [0.717, 1.165) is 39.8 Å². The molecule has 0 N–H and O–H groups in total. The van der Waals surface area contributed by atoms with E-state index in [0.29, 0.717) is 30.3 Å². The second kappa shape index (κ2) is 10.1. The van der Waals surface area contributed by atoms with Gasteiger partial charge in [-0.2, -0.15) is 9.61 Å². The van der Waals surface area contributed by atoms with Crippen LogP contribution in [0.4, 0.5) is 0 Å². The summed E-state index contributed by atoms with van der Waals surface area (Å²) in [5.74, 6) is 0.618. The summed E-state index contributed by atoms with van der Waals surface area (Å²) in [7, 11) is 0. The van der Waals surface area contributed by atoms with Crippen molar-refractivity contribution < 1.29 is 4.79 Å². The molecule has 3 heterocycles. The van der Waals surface area contributed by atoms with Gasteiger partial charge in [0.1, 0.15) is 5.01 Å². The van der Waals surface area contributed by atoms with Gasteiger partial charge in [0.2, 0.25) is 10.9 Å². The van der Waals surface area contributed by atoms with Crippen LogP contribution in [-0.4, -0.2) is 62.2 Å². The minimum absolute atomic E-state index is 0.165. The predicted octanol–water partition coefficient (Wildman–Crippen LogP) is 3.56. The van der Waals surface area contributed by atoms with E-state index in [1.807, 2.05) is 60.4 Å². The van der Waals surface area contributed by atoms with Crippen LogP contribution in [0.2, 0.25) is 0 Å². The smallest absolute Gasteiger partial charge is 0.275 e. The van der Waals surface area contributed by atoms with Crippen molar-refractivity contribution in [3.8, 4) is 10.6 Å². The predicted molar refractivity (Wildman–Crippen MR) is 136 cm³/mol. The number of hydrogen-bond donors (Lipinski definition) is 0. The topological polar surface area (TPSA) is 70.8 Å². The Morgan fingerprint density at radius 2 is 1.82 bits per heavy atom. The van der Waals surface area contributed by atoms with E-state index >= 15 is 0 Å². The standard InChI is InChI=1S/C25H25N5O2S2/c1-18-6-5-7-19(14-18)24-27-30-22(31)15-20(26-25(30)34-24)16-28-10-12-29(13-11-28)23(32)17-33-21-8-3-2-4-9-21/h2-9,14-15H,10-13,16-17H2,1H3. The van der Waals surface area contributed by atoms with Gasteiger partial charge in [0.15, 0.2) is 0 Å². The molecule has 174 valence electrons. The molecule has 0 aliphatic carbocycles. The molecule has 4 aromatic rings. The number of fused-ring (bicyclic) bond motifs is 1. The van der Waals surface area contributed by atoms with Crippen molar-refractivity contribution in [2.75, 3.05) is 31.9 Å². The highest BCUT2D eigenvalue weighted by atomic mass is 32.2. The van der Waals surface area contributed by atoms with E-state index in [9.17, 15) is 9.59 Å². The van der Waals surface area contributed by atoms with Gasteiger partial charge >= 0.3 is 0 Å². The zero-order valence-corrected chi connectivity index (χ0v) is 20.5. The summed E-state index contributed by atoms with van der Waals surface area (Å²) in [6.45, 7) is 5.53. The number of carbonyl (C=O) groups excluding carboxylic acids is 1. The lowest BCUT2D eigenvalue weighted by molar-refractivity contribution is -0.130. The molecule has 0 unspecified atom stereocenters. The maximum absolute atomic E-state index is 12.7. The van der Waals surface area contributed by atoms with Crippen LogP contribution in [0, 0.1) is 6.92 Å². The third kappa shape index (κ3) is 5.22. The number of amides is 1. The van der Waals surface area contributed by atoms with Crippen LogP contribution in [0.25, 0.3) is 15.5 Å². The van der Waals surface area contributed by atoms with Crippen molar-refractivity contribution in [1.29, 1.82) is 0 Å². The number of hydrogen-bond acceptors (Lipinski definition) is 7. The number of carbonyl (C=O) groups is 1. The van der Waals surface area contributed by atoms with E-state index in [4.69, 9.17) is 4.98 Å². The van der Waals surface area contributed by atoms with Gasteiger partial charge in [-0.1, -0.05) is 53.3 Å². The second-order valence-electron chi connectivity index (χ2n) is 8.32. The van der Waals surface area contributed by atoms with Gasteiger partial charge < -0.3 is 4.90 Å². The van der Waals surface area contributed by atoms with Crippen molar-refractivity contribution >= 4 is 34.0 Å². The highest BCUT2D eigenvalue weighted by Crippen LogP contribution is 2.25. The van der Waals surface area contributed by atoms with E-state index < -0.39 is 0 Å². The average molecular weight is 492 g/mol. The van der Waals surface area contributed by atoms with Crippen LogP contribution in [0.5, 0.6) is 0 Å². The Hall–Kier alpha value is -3.01. The normalized spacial score (nSPS) is 14.6. The van der Waals surface area contributed by atoms with E-state index in [-0.39, 0.29) is 11.5 Å². The Bertz CT molecular complexity index is 1360. The zero-order valence-electron chi connectivity index (χ0n) is 18.9. The number of rotatable bonds is 6. The molecule has 0 radical (unpaired) electrons. The average Bonchev–Trinajstić information content (AvgIpc) is 3.29. The molecule has 1 amide bonds. The summed E-state index contributed by atoms with van der Waals surface area (Å²) >= 11 is 3.00. The van der Waals surface area contributed by atoms with Gasteiger partial charge in [0, 0.05) is 49.2 Å². The summed E-state index contributed by atoms with van der Waals surface area (Å²) < 4.78 is 1.38. The molecular weight excluding hydrogens is 466 g/mol. The fourth-order valence-electron chi connectivity index (χ4n) is 3.97. The summed E-state index contributed by atoms with van der Waals surface area (Å²) in [4.78, 5) is 35.9. The molecule has 0 saturated carbocycles. The fourth-order valence-corrected chi connectivity index (χ4v) is 5.71. The Morgan fingerprint density at radius 1 is 1.03 bits per heavy atom. The molecule has 7 nitrogen and oxygen atoms in total. The molecule has 1 aliphatic heterocycles. The maximum atomic E-state index is 12.7. The summed E-state index contributed by atoms with van der Waals surface area (Å²) in [6.07, 6.45) is 0. The quantitative estimate of drug-likeness (QED) is 0.384. The van der Waals surface area contributed by atoms with Gasteiger partial charge in [-0.3, -0.25) is 14.5 Å². The minimum atomic E-state index is -0.165. The molecule has 9 heteroatoms. The molecule has 34 heavy (non-hydrogen) atoms. The minimum Gasteiger partial charge on any atom is -0.339 e. The lowest BCUT2D eigenvalue weighted by Gasteiger charge is -2.34. The third-order valence-corrected chi connectivity index (χ3v) is 7.73. The fraction of sp³-hybridized carbons (Fsp3) is 0.280. The van der Waals surface area contributed by atoms with E-state index in [2.05, 4.69) is 16.1 Å². The van der Waals surface area contributed by atoms with Crippen molar-refractivity contribution in [2.45, 2.75) is 18.4 Å². The number of aromatic nitrogens is 3. The number of thioether (sulfide) groups is 1. The Balaban J connectivity index is 1.20. The molecule has 1 fully saturated rings. The Morgan fingerprint density at radius 3 is 2.59 bits per heavy atom. The molecule has 0 atom stereocenters. The van der Waals surface area contributed by atoms with Crippen molar-refractivity contribution in [1.82, 2.24) is 24.4 Å². The maximum Gasteiger partial charge on any atom is 0.275 e. The number of piperazine rings is 1. The number of benzene rings is 2. The lowest BCUT2D eigenvalue weighted by atomic mass is 10.1. The monoisotopic (exact) mass is 491 g/mol. The van der Waals surface area contributed by atoms with Gasteiger partial charge in [-0.05, 0) is 25.1 Å². The molecule has 0 spiro atoms. The molecule has 2 aromatic carbocycles. The van der Waals surface area contributed by atoms with E-state index in [1.54, 1.807) is 17.8 Å². The highest BCUT2D eigenvalue weighted by Gasteiger charge is 2.22. The van der Waals surface area contributed by atoms with Crippen LogP contribution < -0.4 is 5.56 Å². The first-order chi connectivity index (χ1) is 16.5. The van der Waals surface area contributed by atoms with Gasteiger partial charge in [0.25, 0.3) is 5.56 Å². The zero-order chi connectivity index (χ0) is 23.5. The molecule has 0 bridgehead atoms. The Kier molecular flexibility index (Phi) is 6.75. The highest BCUT2D eigenvalue weighted by molar-refractivity contribution is 8.00. The molecule has 2 aromatic heterocycles. The largest absolute Gasteiger partial charge is 0.339 e. The number of aryl methyl sites for hydroxylation is 1. The molecule has 1 saturated heterocycles. The van der Waals surface area contributed by atoms with Crippen LogP contribution in [0.1, 0.15) is 11.3 Å². The molecule has 5 rings (SSSR count). The van der Waals surface area contributed by atoms with E-state index in [1.165, 1.54) is 15.9 Å². The SMILES string of the molecule is Cc1cccc(-c2nn3c(=O)cc(CN4CCN(C(=O)CSc5ccccc5)CC4)nc3s2)c1. The second-order valence-corrected chi connectivity index (χ2v) is 10.3. The molecular formula is C25H25N5O2S2. The first-order valence-electron chi connectivity index (χ1n) is 11.2. The number of nitrogens with zero attached hydrogens (tertiary/aromatic N) is 5. The summed E-state index contributed by atoms with van der Waals surface area (Å²) in [6, 6.07) is 19.6. The van der Waals surface area contributed by atoms with Crippen LogP contribution in [0.3, 0.4) is 0 Å². The van der Waals surface area contributed by atoms with Crippen molar-refractivity contribution in [3.63, 3.8) is 0 Å². The van der Waals surface area contributed by atoms with Gasteiger partial charge in [-0.15, -0.1) is 11.8 Å². The van der Waals surface area contributed by atoms with Gasteiger partial charge in [0.05, 0.1) is 11.4 Å². The lowest BCUT2D eigenvalue weighted by Crippen LogP contribution is -2.49. The van der Waals surface area contributed by atoms with Crippen LogP contribution in [0.15, 0.2) is 70.4 Å². The Labute approximate surface area is 206 Å². The first-order valence-corrected chi connectivity index (χ1v) is 13.0. The summed E-state index contributed by atoms with van der Waals surface area (Å²) in [5, 5.41) is 5.26. The summed E-state index contributed by atoms with van der Waals surface area (Å²) in [5.41, 5.74) is 2.71. The van der Waals surface area contributed by atoms with Crippen LogP contribution >= 0.6 is 23.1 Å². The molecule has 1 aliphatic rings. The first kappa shape index (κ1) is 22.8. The van der Waals surface area contributed by atoms with Crippen LogP contribution in [-0.2, 0) is 11.3 Å². The van der Waals surface area contributed by atoms with Crippen molar-refractivity contribution in [3.05, 3.63) is 82.3 Å². The van der Waals surface area contributed by atoms with Crippen molar-refractivity contribution in [2.24, 2.45) is 0 Å². The van der Waals surface area contributed by atoms with Gasteiger partial charge in [-0.25, -0.2) is 4.98 Å². The third-order valence-electron chi connectivity index (χ3n) is 5.78.